The summed E-state index contributed by atoms with van der Waals surface area (Å²) in [6.07, 6.45) is 0. The number of halogens is 1. The Morgan fingerprint density at radius 2 is 2.05 bits per heavy atom. The average molecular weight is 341 g/mol. The lowest BCUT2D eigenvalue weighted by Gasteiger charge is -2.12. The summed E-state index contributed by atoms with van der Waals surface area (Å²) in [7, 11) is 3.73. The highest BCUT2D eigenvalue weighted by Gasteiger charge is 2.09. The molecule has 0 aliphatic rings. The average Bonchev–Trinajstić information content (AvgIpc) is 2.38. The summed E-state index contributed by atoms with van der Waals surface area (Å²) in [5.74, 6) is 6.27. The van der Waals surface area contributed by atoms with Gasteiger partial charge in [-0.25, -0.2) is 5.84 Å². The monoisotopic (exact) mass is 340 g/mol. The fourth-order valence-electron chi connectivity index (χ4n) is 1.29. The van der Waals surface area contributed by atoms with Gasteiger partial charge in [-0.15, -0.1) is 0 Å². The number of benzene rings is 1. The van der Waals surface area contributed by atoms with E-state index < -0.39 is 0 Å². The molecule has 19 heavy (non-hydrogen) atoms. The first-order valence-electron chi connectivity index (χ1n) is 5.42. The van der Waals surface area contributed by atoms with E-state index in [9.17, 15) is 0 Å². The van der Waals surface area contributed by atoms with Crippen LogP contribution in [0.5, 0.6) is 0 Å². The molecule has 0 saturated heterocycles. The highest BCUT2D eigenvalue weighted by Crippen LogP contribution is 2.28. The SMILES string of the molecule is CN(C)c1nc(NN)nc(Sc2cccc(Br)c2)n1. The summed E-state index contributed by atoms with van der Waals surface area (Å²) in [4.78, 5) is 15.6. The Morgan fingerprint density at radius 3 is 2.68 bits per heavy atom. The fraction of sp³-hybridized carbons (Fsp3) is 0.182. The van der Waals surface area contributed by atoms with Crippen molar-refractivity contribution in [2.24, 2.45) is 5.84 Å². The van der Waals surface area contributed by atoms with Gasteiger partial charge in [-0.1, -0.05) is 22.0 Å². The minimum absolute atomic E-state index is 0.344. The van der Waals surface area contributed by atoms with E-state index in [1.54, 1.807) is 4.90 Å². The molecule has 2 aromatic rings. The van der Waals surface area contributed by atoms with Crippen LogP contribution >= 0.6 is 27.7 Å². The van der Waals surface area contributed by atoms with Crippen LogP contribution in [0.15, 0.2) is 38.8 Å². The van der Waals surface area contributed by atoms with Crippen LogP contribution in [0.3, 0.4) is 0 Å². The summed E-state index contributed by atoms with van der Waals surface area (Å²) in [5, 5.41) is 0.588. The van der Waals surface area contributed by atoms with Gasteiger partial charge in [0.05, 0.1) is 0 Å². The van der Waals surface area contributed by atoms with E-state index in [1.165, 1.54) is 11.8 Å². The second-order valence-electron chi connectivity index (χ2n) is 3.84. The minimum Gasteiger partial charge on any atom is -0.347 e. The molecule has 8 heteroatoms. The first-order chi connectivity index (χ1) is 9.08. The van der Waals surface area contributed by atoms with Gasteiger partial charge in [0.15, 0.2) is 5.16 Å². The maximum Gasteiger partial charge on any atom is 0.242 e. The zero-order chi connectivity index (χ0) is 13.8. The third kappa shape index (κ3) is 3.79. The van der Waals surface area contributed by atoms with Crippen molar-refractivity contribution in [3.8, 4) is 0 Å². The van der Waals surface area contributed by atoms with Crippen LogP contribution in [0, 0.1) is 0 Å². The van der Waals surface area contributed by atoms with Crippen LogP contribution < -0.4 is 16.2 Å². The van der Waals surface area contributed by atoms with Gasteiger partial charge in [0.1, 0.15) is 0 Å². The molecule has 1 aromatic heterocycles. The molecular formula is C11H13BrN6S. The van der Waals surface area contributed by atoms with Crippen LogP contribution in [0.25, 0.3) is 0 Å². The van der Waals surface area contributed by atoms with Crippen molar-refractivity contribution in [3.63, 3.8) is 0 Å². The highest BCUT2D eigenvalue weighted by atomic mass is 79.9. The van der Waals surface area contributed by atoms with Gasteiger partial charge in [0.25, 0.3) is 0 Å². The molecule has 0 amide bonds. The summed E-state index contributed by atoms with van der Waals surface area (Å²) >= 11 is 4.88. The van der Waals surface area contributed by atoms with Crippen LogP contribution in [-0.2, 0) is 0 Å². The number of anilines is 2. The minimum atomic E-state index is 0.344. The molecule has 0 atom stereocenters. The standard InChI is InChI=1S/C11H13BrN6S/c1-18(2)10-14-9(17-13)15-11(16-10)19-8-5-3-4-7(12)6-8/h3-6H,13H2,1-2H3,(H,14,15,16,17). The summed E-state index contributed by atoms with van der Waals surface area (Å²) in [6.45, 7) is 0. The molecule has 0 fully saturated rings. The number of hydrogen-bond donors (Lipinski definition) is 2. The smallest absolute Gasteiger partial charge is 0.242 e. The van der Waals surface area contributed by atoms with Gasteiger partial charge in [0, 0.05) is 23.5 Å². The van der Waals surface area contributed by atoms with Crippen molar-refractivity contribution in [2.45, 2.75) is 10.1 Å². The summed E-state index contributed by atoms with van der Waals surface area (Å²) in [5.41, 5.74) is 2.45. The maximum atomic E-state index is 5.37. The largest absolute Gasteiger partial charge is 0.347 e. The molecule has 2 rings (SSSR count). The molecule has 0 aliphatic carbocycles. The molecule has 0 aliphatic heterocycles. The number of nitrogen functional groups attached to an aromatic ring is 1. The van der Waals surface area contributed by atoms with E-state index in [1.807, 2.05) is 38.4 Å². The topological polar surface area (TPSA) is 80.0 Å². The Morgan fingerprint density at radius 1 is 1.26 bits per heavy atom. The lowest BCUT2D eigenvalue weighted by atomic mass is 10.4. The third-order valence-electron chi connectivity index (χ3n) is 2.14. The summed E-state index contributed by atoms with van der Waals surface area (Å²) < 4.78 is 1.01. The van der Waals surface area contributed by atoms with Gasteiger partial charge in [-0.3, -0.25) is 5.43 Å². The second kappa shape index (κ2) is 6.18. The number of hydrazine groups is 1. The molecule has 0 saturated carbocycles. The van der Waals surface area contributed by atoms with Crippen LogP contribution in [0.4, 0.5) is 11.9 Å². The number of aromatic nitrogens is 3. The van der Waals surface area contributed by atoms with Crippen LogP contribution in [-0.4, -0.2) is 29.0 Å². The molecule has 1 aromatic carbocycles. The lowest BCUT2D eigenvalue weighted by molar-refractivity contribution is 0.865. The van der Waals surface area contributed by atoms with Crippen molar-refractivity contribution in [1.82, 2.24) is 15.0 Å². The van der Waals surface area contributed by atoms with Crippen molar-refractivity contribution in [1.29, 1.82) is 0 Å². The molecule has 6 nitrogen and oxygen atoms in total. The van der Waals surface area contributed by atoms with Crippen molar-refractivity contribution in [2.75, 3.05) is 24.4 Å². The molecular weight excluding hydrogens is 328 g/mol. The lowest BCUT2D eigenvalue weighted by Crippen LogP contribution is -2.17. The van der Waals surface area contributed by atoms with Gasteiger partial charge >= 0.3 is 0 Å². The first-order valence-corrected chi connectivity index (χ1v) is 7.03. The van der Waals surface area contributed by atoms with Crippen molar-refractivity contribution >= 4 is 39.6 Å². The predicted octanol–water partition coefficient (Wildman–Crippen LogP) is 2.14. The number of nitrogens with two attached hydrogens (primary N) is 1. The Labute approximate surface area is 123 Å². The van der Waals surface area contributed by atoms with Gasteiger partial charge < -0.3 is 4.90 Å². The van der Waals surface area contributed by atoms with E-state index in [4.69, 9.17) is 5.84 Å². The first kappa shape index (κ1) is 14.0. The van der Waals surface area contributed by atoms with Crippen LogP contribution in [0.1, 0.15) is 0 Å². The van der Waals surface area contributed by atoms with E-state index in [0.29, 0.717) is 17.1 Å². The maximum absolute atomic E-state index is 5.37. The molecule has 0 bridgehead atoms. The van der Waals surface area contributed by atoms with E-state index in [0.717, 1.165) is 9.37 Å². The molecule has 100 valence electrons. The zero-order valence-electron chi connectivity index (χ0n) is 10.5. The second-order valence-corrected chi connectivity index (χ2v) is 5.80. The molecule has 3 N–H and O–H groups in total. The number of rotatable bonds is 4. The van der Waals surface area contributed by atoms with E-state index in [2.05, 4.69) is 36.3 Å². The molecule has 1 heterocycles. The van der Waals surface area contributed by atoms with Gasteiger partial charge in [0.2, 0.25) is 11.9 Å². The molecule has 0 unspecified atom stereocenters. The fourth-order valence-corrected chi connectivity index (χ4v) is 2.65. The Bertz CT molecular complexity index is 577. The normalized spacial score (nSPS) is 10.3. The Kier molecular flexibility index (Phi) is 4.56. The highest BCUT2D eigenvalue weighted by molar-refractivity contribution is 9.10. The zero-order valence-corrected chi connectivity index (χ0v) is 12.9. The number of hydrogen-bond acceptors (Lipinski definition) is 7. The Balaban J connectivity index is 2.31. The Hall–Kier alpha value is -1.38. The van der Waals surface area contributed by atoms with E-state index in [-0.39, 0.29) is 0 Å². The predicted molar refractivity (Wildman–Crippen MR) is 80.2 cm³/mol. The molecule has 0 spiro atoms. The summed E-state index contributed by atoms with van der Waals surface area (Å²) in [6, 6.07) is 7.92. The van der Waals surface area contributed by atoms with Crippen molar-refractivity contribution < 1.29 is 0 Å². The van der Waals surface area contributed by atoms with Gasteiger partial charge in [-0.2, -0.15) is 15.0 Å². The van der Waals surface area contributed by atoms with Crippen LogP contribution in [0.2, 0.25) is 0 Å². The van der Waals surface area contributed by atoms with Gasteiger partial charge in [-0.05, 0) is 30.0 Å². The quantitative estimate of drug-likeness (QED) is 0.651. The number of nitrogens with one attached hydrogen (secondary N) is 1. The third-order valence-corrected chi connectivity index (χ3v) is 3.49. The van der Waals surface area contributed by atoms with Crippen molar-refractivity contribution in [3.05, 3.63) is 28.7 Å². The van der Waals surface area contributed by atoms with E-state index >= 15 is 0 Å². The number of nitrogens with zero attached hydrogens (tertiary/aromatic N) is 4. The molecule has 0 radical (unpaired) electrons.